The van der Waals surface area contributed by atoms with E-state index in [0.717, 1.165) is 9.65 Å². The summed E-state index contributed by atoms with van der Waals surface area (Å²) < 4.78 is 28.0. The van der Waals surface area contributed by atoms with Gasteiger partial charge in [0.05, 0.1) is 16.1 Å². The average Bonchev–Trinajstić information content (AvgIpc) is 2.91. The van der Waals surface area contributed by atoms with Crippen LogP contribution in [0.1, 0.15) is 25.1 Å². The van der Waals surface area contributed by atoms with E-state index in [-0.39, 0.29) is 10.5 Å². The van der Waals surface area contributed by atoms with E-state index in [9.17, 15) is 13.2 Å². The summed E-state index contributed by atoms with van der Waals surface area (Å²) >= 11 is 0. The van der Waals surface area contributed by atoms with Gasteiger partial charge in [-0.15, -0.1) is 0 Å². The number of fused-ring (bicyclic) bond motifs is 1. The fourth-order valence-electron chi connectivity index (χ4n) is 2.44. The number of hydrogen-bond donors (Lipinski definition) is 0. The van der Waals surface area contributed by atoms with Crippen molar-refractivity contribution in [2.75, 3.05) is 0 Å². The first-order valence-electron chi connectivity index (χ1n) is 7.70. The highest BCUT2D eigenvalue weighted by molar-refractivity contribution is 7.90. The molecule has 0 unspecified atom stereocenters. The van der Waals surface area contributed by atoms with Gasteiger partial charge in [-0.05, 0) is 32.0 Å². The molecule has 7 heteroatoms. The molecule has 1 aromatic carbocycles. The molecule has 0 saturated carbocycles. The quantitative estimate of drug-likeness (QED) is 0.714. The number of rotatable bonds is 2. The lowest BCUT2D eigenvalue weighted by Gasteiger charge is -2.06. The van der Waals surface area contributed by atoms with Crippen LogP contribution < -0.4 is 5.56 Å². The summed E-state index contributed by atoms with van der Waals surface area (Å²) in [7, 11) is -2.20. The zero-order chi connectivity index (χ0) is 18.1. The molecule has 6 nitrogen and oxygen atoms in total. The van der Waals surface area contributed by atoms with Crippen molar-refractivity contribution in [3.8, 4) is 0 Å². The van der Waals surface area contributed by atoms with E-state index in [0.29, 0.717) is 16.7 Å². The monoisotopic (exact) mass is 347 g/mol. The Morgan fingerprint density at radius 1 is 0.958 bits per heavy atom. The van der Waals surface area contributed by atoms with E-state index in [2.05, 4.69) is 5.10 Å². The third kappa shape index (κ3) is 2.87. The topological polar surface area (TPSA) is 74.0 Å². The molecular weight excluding hydrogens is 326 g/mol. The normalized spacial score (nSPS) is 11.2. The van der Waals surface area contributed by atoms with Crippen LogP contribution in [0.4, 0.5) is 0 Å². The molecule has 0 radical (unpaired) electrons. The van der Waals surface area contributed by atoms with Crippen molar-refractivity contribution < 1.29 is 8.42 Å². The summed E-state index contributed by atoms with van der Waals surface area (Å²) in [5.74, 6) is 0. The third-order valence-corrected chi connectivity index (χ3v) is 5.23. The first kappa shape index (κ1) is 17.9. The van der Waals surface area contributed by atoms with Gasteiger partial charge >= 0.3 is 0 Å². The maximum atomic E-state index is 12.8. The van der Waals surface area contributed by atoms with Gasteiger partial charge in [0.2, 0.25) is 0 Å². The molecule has 128 valence electrons. The molecule has 0 atom stereocenters. The Hall–Kier alpha value is -2.41. The molecule has 0 amide bonds. The van der Waals surface area contributed by atoms with Gasteiger partial charge in [0.1, 0.15) is 5.52 Å². The second kappa shape index (κ2) is 6.60. The standard InChI is InChI=1S/C15H15N3O3S.C2H6/c1-10-4-6-12(7-5-10)22(20,21)18-13-8-9-14(19)17(3)15(13)11(2)16-18;1-2/h4-9H,1-3H3;1-2H3. The Morgan fingerprint density at radius 3 is 2.12 bits per heavy atom. The Kier molecular flexibility index (Phi) is 4.94. The molecule has 0 saturated heterocycles. The molecule has 2 heterocycles. The molecule has 24 heavy (non-hydrogen) atoms. The van der Waals surface area contributed by atoms with E-state index in [4.69, 9.17) is 0 Å². The zero-order valence-electron chi connectivity index (χ0n) is 14.4. The average molecular weight is 347 g/mol. The second-order valence-corrected chi connectivity index (χ2v) is 6.98. The van der Waals surface area contributed by atoms with Crippen molar-refractivity contribution in [2.45, 2.75) is 32.6 Å². The van der Waals surface area contributed by atoms with Crippen LogP contribution in [0.5, 0.6) is 0 Å². The van der Waals surface area contributed by atoms with Crippen LogP contribution in [-0.2, 0) is 17.1 Å². The van der Waals surface area contributed by atoms with Crippen LogP contribution in [0.2, 0.25) is 0 Å². The van der Waals surface area contributed by atoms with Crippen LogP contribution in [0.25, 0.3) is 11.0 Å². The second-order valence-electron chi connectivity index (χ2n) is 5.21. The molecule has 0 N–H and O–H groups in total. The van der Waals surface area contributed by atoms with Gasteiger partial charge in [-0.25, -0.2) is 0 Å². The molecule has 0 aliphatic heterocycles. The Bertz CT molecular complexity index is 1030. The number of benzene rings is 1. The van der Waals surface area contributed by atoms with Gasteiger partial charge in [-0.2, -0.15) is 17.6 Å². The number of nitrogens with zero attached hydrogens (tertiary/aromatic N) is 3. The summed E-state index contributed by atoms with van der Waals surface area (Å²) in [6.45, 7) is 7.57. The third-order valence-electron chi connectivity index (χ3n) is 3.63. The predicted molar refractivity (Wildman–Crippen MR) is 94.8 cm³/mol. The summed E-state index contributed by atoms with van der Waals surface area (Å²) in [5, 5.41) is 4.13. The van der Waals surface area contributed by atoms with Gasteiger partial charge in [0.25, 0.3) is 15.6 Å². The summed E-state index contributed by atoms with van der Waals surface area (Å²) in [6.07, 6.45) is 0. The van der Waals surface area contributed by atoms with Crippen LogP contribution >= 0.6 is 0 Å². The van der Waals surface area contributed by atoms with Crippen molar-refractivity contribution in [3.05, 3.63) is 58.0 Å². The fourth-order valence-corrected chi connectivity index (χ4v) is 3.75. The van der Waals surface area contributed by atoms with E-state index in [1.165, 1.54) is 16.7 Å². The smallest absolute Gasteiger partial charge is 0.283 e. The molecule has 0 aliphatic carbocycles. The minimum atomic E-state index is -3.80. The summed E-state index contributed by atoms with van der Waals surface area (Å²) in [5.41, 5.74) is 2.17. The molecule has 2 aromatic heterocycles. The van der Waals surface area contributed by atoms with E-state index < -0.39 is 10.0 Å². The predicted octanol–water partition coefficient (Wildman–Crippen LogP) is 2.62. The number of aryl methyl sites for hydroxylation is 3. The fraction of sp³-hybridized carbons (Fsp3) is 0.294. The van der Waals surface area contributed by atoms with E-state index >= 15 is 0 Å². The van der Waals surface area contributed by atoms with Gasteiger partial charge in [-0.1, -0.05) is 31.5 Å². The van der Waals surface area contributed by atoms with Crippen molar-refractivity contribution >= 4 is 21.1 Å². The lowest BCUT2D eigenvalue weighted by molar-refractivity contribution is 0.582. The van der Waals surface area contributed by atoms with Crippen LogP contribution in [0.3, 0.4) is 0 Å². The minimum absolute atomic E-state index is 0.163. The Labute approximate surface area is 141 Å². The SMILES string of the molecule is CC.Cc1ccc(S(=O)(=O)n2nc(C)c3c2ccc(=O)n3C)cc1. The van der Waals surface area contributed by atoms with Crippen molar-refractivity contribution in [3.63, 3.8) is 0 Å². The van der Waals surface area contributed by atoms with Gasteiger partial charge < -0.3 is 4.57 Å². The highest BCUT2D eigenvalue weighted by Gasteiger charge is 2.22. The minimum Gasteiger partial charge on any atom is -0.308 e. The Balaban J connectivity index is 0.00000100. The summed E-state index contributed by atoms with van der Waals surface area (Å²) in [4.78, 5) is 11.9. The lowest BCUT2D eigenvalue weighted by Crippen LogP contribution is -2.17. The van der Waals surface area contributed by atoms with E-state index in [1.807, 2.05) is 20.8 Å². The maximum absolute atomic E-state index is 12.8. The molecule has 0 aliphatic rings. The van der Waals surface area contributed by atoms with Crippen molar-refractivity contribution in [2.24, 2.45) is 7.05 Å². The molecule has 0 bridgehead atoms. The molecule has 0 spiro atoms. The molecule has 0 fully saturated rings. The molecule has 3 aromatic rings. The highest BCUT2D eigenvalue weighted by Crippen LogP contribution is 2.21. The van der Waals surface area contributed by atoms with E-state index in [1.54, 1.807) is 38.2 Å². The van der Waals surface area contributed by atoms with Crippen LogP contribution in [0, 0.1) is 13.8 Å². The first-order valence-corrected chi connectivity index (χ1v) is 9.14. The number of hydrogen-bond acceptors (Lipinski definition) is 4. The van der Waals surface area contributed by atoms with Gasteiger partial charge in [-0.3, -0.25) is 4.79 Å². The van der Waals surface area contributed by atoms with Gasteiger partial charge in [0.15, 0.2) is 0 Å². The number of aromatic nitrogens is 3. The zero-order valence-corrected chi connectivity index (χ0v) is 15.3. The first-order chi connectivity index (χ1) is 11.3. The van der Waals surface area contributed by atoms with Crippen LogP contribution in [-0.4, -0.2) is 22.2 Å². The van der Waals surface area contributed by atoms with Crippen LogP contribution in [0.15, 0.2) is 46.1 Å². The lowest BCUT2D eigenvalue weighted by atomic mass is 10.2. The molecule has 3 rings (SSSR count). The number of pyridine rings is 1. The largest absolute Gasteiger partial charge is 0.308 e. The maximum Gasteiger partial charge on any atom is 0.283 e. The molecular formula is C17H21N3O3S. The summed E-state index contributed by atoms with van der Waals surface area (Å²) in [6, 6.07) is 9.40. The van der Waals surface area contributed by atoms with Crippen molar-refractivity contribution in [1.29, 1.82) is 0 Å². The van der Waals surface area contributed by atoms with Crippen molar-refractivity contribution in [1.82, 2.24) is 13.8 Å². The van der Waals surface area contributed by atoms with Gasteiger partial charge in [0, 0.05) is 13.1 Å². The Morgan fingerprint density at radius 2 is 1.54 bits per heavy atom. The highest BCUT2D eigenvalue weighted by atomic mass is 32.2.